The number of halogens is 1. The summed E-state index contributed by atoms with van der Waals surface area (Å²) in [7, 11) is 0. The summed E-state index contributed by atoms with van der Waals surface area (Å²) in [5.41, 5.74) is 3.08. The van der Waals surface area contributed by atoms with Gasteiger partial charge in [0.25, 0.3) is 0 Å². The molecular weight excluding hydrogens is 385 g/mol. The van der Waals surface area contributed by atoms with Gasteiger partial charge in [-0.3, -0.25) is 0 Å². The molecule has 3 aliphatic rings. The van der Waals surface area contributed by atoms with Crippen molar-refractivity contribution in [1.29, 1.82) is 0 Å². The van der Waals surface area contributed by atoms with E-state index >= 15 is 0 Å². The van der Waals surface area contributed by atoms with Crippen molar-refractivity contribution in [1.82, 2.24) is 15.0 Å². The van der Waals surface area contributed by atoms with Crippen molar-refractivity contribution in [2.24, 2.45) is 5.92 Å². The number of aromatic nitrogens is 3. The van der Waals surface area contributed by atoms with Gasteiger partial charge >= 0.3 is 5.97 Å². The fourth-order valence-electron chi connectivity index (χ4n) is 4.60. The third kappa shape index (κ3) is 3.47. The topological polar surface area (TPSA) is 69.5 Å². The van der Waals surface area contributed by atoms with E-state index in [0.29, 0.717) is 17.8 Å². The quantitative estimate of drug-likeness (QED) is 0.333. The standard InChI is InChI=1S/C23H24FN3O3/c1-14-18-10-5-15(4-3-11-23(2)21(30-23)20(18)29-22(14)28)12-27-13-19(25-26-27)16-6-8-17(24)9-7-16/h4,6-9,13,18,20-21H,1,3,5,10-12H2,2H3/b15-4+/t18-,20-,21-,23+/m0/s1. The molecule has 0 saturated carbocycles. The van der Waals surface area contributed by atoms with Crippen molar-refractivity contribution in [3.05, 3.63) is 60.1 Å². The number of fused-ring (bicyclic) bond motifs is 3. The number of hydrogen-bond acceptors (Lipinski definition) is 5. The molecule has 1 aliphatic carbocycles. The van der Waals surface area contributed by atoms with Crippen LogP contribution in [-0.4, -0.2) is 38.8 Å². The maximum atomic E-state index is 13.2. The van der Waals surface area contributed by atoms with Crippen molar-refractivity contribution >= 4 is 5.97 Å². The van der Waals surface area contributed by atoms with Crippen molar-refractivity contribution in [3.63, 3.8) is 0 Å². The summed E-state index contributed by atoms with van der Waals surface area (Å²) in [6.07, 6.45) is 7.26. The fourth-order valence-corrected chi connectivity index (χ4v) is 4.60. The molecule has 1 aromatic heterocycles. The van der Waals surface area contributed by atoms with E-state index in [1.54, 1.807) is 16.8 Å². The van der Waals surface area contributed by atoms with Gasteiger partial charge in [-0.05, 0) is 56.9 Å². The van der Waals surface area contributed by atoms with Crippen LogP contribution in [0.4, 0.5) is 4.39 Å². The zero-order valence-corrected chi connectivity index (χ0v) is 16.9. The Bertz CT molecular complexity index is 1030. The number of nitrogens with zero attached hydrogens (tertiary/aromatic N) is 3. The monoisotopic (exact) mass is 409 g/mol. The Morgan fingerprint density at radius 3 is 2.93 bits per heavy atom. The van der Waals surface area contributed by atoms with Crippen LogP contribution in [0, 0.1) is 11.7 Å². The third-order valence-corrected chi connectivity index (χ3v) is 6.48. The average molecular weight is 409 g/mol. The second kappa shape index (κ2) is 7.16. The van der Waals surface area contributed by atoms with Crippen LogP contribution in [0.25, 0.3) is 11.3 Å². The molecule has 7 heteroatoms. The van der Waals surface area contributed by atoms with Gasteiger partial charge in [0.15, 0.2) is 0 Å². The number of allylic oxidation sites excluding steroid dienone is 2. The predicted octanol–water partition coefficient (Wildman–Crippen LogP) is 3.84. The zero-order valence-electron chi connectivity index (χ0n) is 16.9. The predicted molar refractivity (Wildman–Crippen MR) is 108 cm³/mol. The first-order valence-electron chi connectivity index (χ1n) is 10.3. The van der Waals surface area contributed by atoms with Gasteiger partial charge in [-0.1, -0.05) is 23.4 Å². The molecule has 3 heterocycles. The highest BCUT2D eigenvalue weighted by atomic mass is 19.1. The minimum atomic E-state index is -0.298. The number of benzene rings is 1. The smallest absolute Gasteiger partial charge is 0.334 e. The maximum Gasteiger partial charge on any atom is 0.334 e. The summed E-state index contributed by atoms with van der Waals surface area (Å²) in [5, 5.41) is 8.47. The molecule has 0 unspecified atom stereocenters. The lowest BCUT2D eigenvalue weighted by Gasteiger charge is -2.20. The largest absolute Gasteiger partial charge is 0.455 e. The van der Waals surface area contributed by atoms with Gasteiger partial charge in [0.2, 0.25) is 0 Å². The number of esters is 1. The van der Waals surface area contributed by atoms with Crippen LogP contribution in [0.1, 0.15) is 32.6 Å². The van der Waals surface area contributed by atoms with Crippen LogP contribution >= 0.6 is 0 Å². The van der Waals surface area contributed by atoms with E-state index in [2.05, 4.69) is 29.9 Å². The second-order valence-corrected chi connectivity index (χ2v) is 8.60. The summed E-state index contributed by atoms with van der Waals surface area (Å²) in [5.74, 6) is -0.591. The van der Waals surface area contributed by atoms with Gasteiger partial charge in [0.05, 0.1) is 18.3 Å². The van der Waals surface area contributed by atoms with Crippen LogP contribution in [0.5, 0.6) is 0 Å². The van der Waals surface area contributed by atoms with Gasteiger partial charge in [-0.15, -0.1) is 5.10 Å². The molecule has 4 atom stereocenters. The van der Waals surface area contributed by atoms with Gasteiger partial charge in [-0.2, -0.15) is 0 Å². The van der Waals surface area contributed by atoms with Crippen LogP contribution in [0.3, 0.4) is 0 Å². The van der Waals surface area contributed by atoms with E-state index in [1.807, 2.05) is 6.20 Å². The van der Waals surface area contributed by atoms with Crippen molar-refractivity contribution in [3.8, 4) is 11.3 Å². The first-order chi connectivity index (χ1) is 14.4. The van der Waals surface area contributed by atoms with Crippen molar-refractivity contribution in [2.45, 2.75) is 57.0 Å². The average Bonchev–Trinajstić information content (AvgIpc) is 3.04. The molecule has 156 valence electrons. The zero-order chi connectivity index (χ0) is 20.9. The highest BCUT2D eigenvalue weighted by molar-refractivity contribution is 5.91. The highest BCUT2D eigenvalue weighted by Crippen LogP contribution is 2.49. The van der Waals surface area contributed by atoms with E-state index in [-0.39, 0.29) is 35.5 Å². The molecular formula is C23H24FN3O3. The van der Waals surface area contributed by atoms with Crippen LogP contribution in [0.15, 0.2) is 54.3 Å². The van der Waals surface area contributed by atoms with Crippen LogP contribution < -0.4 is 0 Å². The van der Waals surface area contributed by atoms with E-state index in [1.165, 1.54) is 17.7 Å². The minimum Gasteiger partial charge on any atom is -0.455 e. The molecule has 2 saturated heterocycles. The summed E-state index contributed by atoms with van der Waals surface area (Å²) < 4.78 is 26.5. The molecule has 0 N–H and O–H groups in total. The molecule has 2 aliphatic heterocycles. The number of ether oxygens (including phenoxy) is 2. The Labute approximate surface area is 174 Å². The number of hydrogen-bond donors (Lipinski definition) is 0. The van der Waals surface area contributed by atoms with Crippen LogP contribution in [-0.2, 0) is 20.8 Å². The molecule has 0 bridgehead atoms. The molecule has 30 heavy (non-hydrogen) atoms. The molecule has 0 spiro atoms. The summed E-state index contributed by atoms with van der Waals surface area (Å²) in [6, 6.07) is 6.23. The fraction of sp³-hybridized carbons (Fsp3) is 0.435. The SMILES string of the molecule is C=C1C(=O)O[C@H]2[C@H]1CC/C(Cn1cc(-c3ccc(F)cc3)nn1)=C\CC[C@@]1(C)O[C@@H]21. The molecule has 6 nitrogen and oxygen atoms in total. The molecule has 2 aromatic rings. The van der Waals surface area contributed by atoms with Gasteiger partial charge < -0.3 is 9.47 Å². The molecule has 0 radical (unpaired) electrons. The van der Waals surface area contributed by atoms with Gasteiger partial charge in [0.1, 0.15) is 23.7 Å². The Balaban J connectivity index is 1.33. The Morgan fingerprint density at radius 1 is 1.33 bits per heavy atom. The number of carbonyl (C=O) groups is 1. The lowest BCUT2D eigenvalue weighted by Crippen LogP contribution is -2.29. The highest BCUT2D eigenvalue weighted by Gasteiger charge is 2.61. The number of carbonyl (C=O) groups excluding carboxylic acids is 1. The van der Waals surface area contributed by atoms with E-state index < -0.39 is 0 Å². The Hall–Kier alpha value is -2.80. The molecule has 1 aromatic carbocycles. The first-order valence-corrected chi connectivity index (χ1v) is 10.3. The minimum absolute atomic E-state index is 0.0173. The van der Waals surface area contributed by atoms with Gasteiger partial charge in [0, 0.05) is 17.1 Å². The van der Waals surface area contributed by atoms with Crippen molar-refractivity contribution < 1.29 is 18.7 Å². The molecule has 0 amide bonds. The first kappa shape index (κ1) is 19.2. The van der Waals surface area contributed by atoms with E-state index in [0.717, 1.165) is 31.2 Å². The summed E-state index contributed by atoms with van der Waals surface area (Å²) in [6.45, 7) is 6.68. The molecule has 5 rings (SSSR count). The van der Waals surface area contributed by atoms with Crippen molar-refractivity contribution in [2.75, 3.05) is 0 Å². The van der Waals surface area contributed by atoms with Crippen LogP contribution in [0.2, 0.25) is 0 Å². The maximum absolute atomic E-state index is 13.2. The van der Waals surface area contributed by atoms with Gasteiger partial charge in [-0.25, -0.2) is 13.9 Å². The summed E-state index contributed by atoms with van der Waals surface area (Å²) >= 11 is 0. The number of rotatable bonds is 3. The van der Waals surface area contributed by atoms with E-state index in [4.69, 9.17) is 9.47 Å². The Morgan fingerprint density at radius 2 is 2.13 bits per heavy atom. The molecule has 2 fully saturated rings. The second-order valence-electron chi connectivity index (χ2n) is 8.60. The number of epoxide rings is 1. The lowest BCUT2D eigenvalue weighted by molar-refractivity contribution is -0.140. The lowest BCUT2D eigenvalue weighted by atomic mass is 9.84. The van der Waals surface area contributed by atoms with E-state index in [9.17, 15) is 9.18 Å². The Kier molecular flexibility index (Phi) is 4.58. The summed E-state index contributed by atoms with van der Waals surface area (Å²) in [4.78, 5) is 12.1. The normalized spacial score (nSPS) is 32.6. The third-order valence-electron chi connectivity index (χ3n) is 6.48.